The average Bonchev–Trinajstić information content (AvgIpc) is 2.90. The second kappa shape index (κ2) is 6.22. The van der Waals surface area contributed by atoms with Crippen LogP contribution in [0.3, 0.4) is 0 Å². The van der Waals surface area contributed by atoms with Crippen LogP contribution in [0.15, 0.2) is 28.7 Å². The Balaban J connectivity index is 1.79. The lowest BCUT2D eigenvalue weighted by Crippen LogP contribution is -2.39. The number of nitrogens with zero attached hydrogens (tertiary/aromatic N) is 1. The molecule has 2 aromatic rings. The molecular weight excluding hydrogens is 330 g/mol. The molecule has 21 heavy (non-hydrogen) atoms. The Morgan fingerprint density at radius 2 is 2.29 bits per heavy atom. The lowest BCUT2D eigenvalue weighted by atomic mass is 9.95. The molecule has 1 aromatic heterocycles. The van der Waals surface area contributed by atoms with E-state index in [1.807, 2.05) is 30.0 Å². The van der Waals surface area contributed by atoms with Gasteiger partial charge in [0.05, 0.1) is 0 Å². The first kappa shape index (κ1) is 14.6. The van der Waals surface area contributed by atoms with Crippen LogP contribution in [0.25, 0.3) is 11.0 Å². The largest absolute Gasteiger partial charge is 0.451 e. The molecule has 0 aliphatic carbocycles. The summed E-state index contributed by atoms with van der Waals surface area (Å²) in [5.41, 5.74) is 1.97. The summed E-state index contributed by atoms with van der Waals surface area (Å²) in [5.74, 6) is 1.10. The molecular formula is C17H20BrNO2. The molecule has 0 saturated carbocycles. The lowest BCUT2D eigenvalue weighted by Gasteiger charge is -2.32. The van der Waals surface area contributed by atoms with Crippen LogP contribution in [0, 0.1) is 12.8 Å². The van der Waals surface area contributed by atoms with Gasteiger partial charge in [-0.3, -0.25) is 4.79 Å². The quantitative estimate of drug-likeness (QED) is 0.770. The molecule has 3 rings (SSSR count). The maximum atomic E-state index is 12.6. The number of piperidine rings is 1. The Morgan fingerprint density at radius 3 is 3.10 bits per heavy atom. The van der Waals surface area contributed by atoms with Crippen molar-refractivity contribution in [2.24, 2.45) is 5.92 Å². The molecule has 3 nitrogen and oxygen atoms in total. The molecule has 112 valence electrons. The summed E-state index contributed by atoms with van der Waals surface area (Å²) in [6.45, 7) is 3.73. The van der Waals surface area contributed by atoms with Gasteiger partial charge in [0.15, 0.2) is 5.76 Å². The molecule has 2 heterocycles. The number of halogens is 1. The number of likely N-dealkylation sites (tertiary alicyclic amines) is 1. The Bertz CT molecular complexity index is 647. The SMILES string of the molecule is Cc1ccc2oc(C(=O)N3CCCC(CCBr)C3)cc2c1. The van der Waals surface area contributed by atoms with E-state index in [-0.39, 0.29) is 5.91 Å². The minimum Gasteiger partial charge on any atom is -0.451 e. The number of carbonyl (C=O) groups excluding carboxylic acids is 1. The number of hydrogen-bond donors (Lipinski definition) is 0. The number of rotatable bonds is 3. The molecule has 0 N–H and O–H groups in total. The number of hydrogen-bond acceptors (Lipinski definition) is 2. The highest BCUT2D eigenvalue weighted by Gasteiger charge is 2.26. The minimum atomic E-state index is 0.0307. The third-order valence-corrected chi connectivity index (χ3v) is 4.66. The zero-order valence-corrected chi connectivity index (χ0v) is 13.9. The summed E-state index contributed by atoms with van der Waals surface area (Å²) >= 11 is 3.49. The average molecular weight is 350 g/mol. The smallest absolute Gasteiger partial charge is 0.289 e. The van der Waals surface area contributed by atoms with Crippen molar-refractivity contribution in [2.75, 3.05) is 18.4 Å². The molecule has 0 radical (unpaired) electrons. The number of amides is 1. The van der Waals surface area contributed by atoms with Crippen molar-refractivity contribution in [3.63, 3.8) is 0 Å². The number of furan rings is 1. The van der Waals surface area contributed by atoms with Crippen LogP contribution in [-0.2, 0) is 0 Å². The van der Waals surface area contributed by atoms with Crippen LogP contribution >= 0.6 is 15.9 Å². The van der Waals surface area contributed by atoms with Gasteiger partial charge in [-0.15, -0.1) is 0 Å². The molecule has 1 aromatic carbocycles. The Morgan fingerprint density at radius 1 is 1.43 bits per heavy atom. The third kappa shape index (κ3) is 3.15. The molecule has 0 spiro atoms. The fraction of sp³-hybridized carbons (Fsp3) is 0.471. The first-order chi connectivity index (χ1) is 10.2. The van der Waals surface area contributed by atoms with Gasteiger partial charge in [-0.05, 0) is 50.3 Å². The predicted octanol–water partition coefficient (Wildman–Crippen LogP) is 4.38. The normalized spacial score (nSPS) is 19.1. The Hall–Kier alpha value is -1.29. The molecule has 1 atom stereocenters. The van der Waals surface area contributed by atoms with Crippen LogP contribution < -0.4 is 0 Å². The number of carbonyl (C=O) groups is 1. The van der Waals surface area contributed by atoms with Crippen molar-refractivity contribution in [3.05, 3.63) is 35.6 Å². The molecule has 4 heteroatoms. The van der Waals surface area contributed by atoms with Crippen molar-refractivity contribution >= 4 is 32.8 Å². The number of alkyl halides is 1. The van der Waals surface area contributed by atoms with Crippen LogP contribution in [0.2, 0.25) is 0 Å². The first-order valence-electron chi connectivity index (χ1n) is 7.53. The zero-order chi connectivity index (χ0) is 14.8. The van der Waals surface area contributed by atoms with Crippen LogP contribution in [0.5, 0.6) is 0 Å². The molecule has 1 saturated heterocycles. The van der Waals surface area contributed by atoms with E-state index in [0.29, 0.717) is 11.7 Å². The highest BCUT2D eigenvalue weighted by molar-refractivity contribution is 9.09. The molecule has 1 amide bonds. The topological polar surface area (TPSA) is 33.5 Å². The summed E-state index contributed by atoms with van der Waals surface area (Å²) < 4.78 is 5.73. The zero-order valence-electron chi connectivity index (χ0n) is 12.3. The van der Waals surface area contributed by atoms with Gasteiger partial charge in [0.2, 0.25) is 0 Å². The molecule has 0 bridgehead atoms. The van der Waals surface area contributed by atoms with E-state index in [4.69, 9.17) is 4.42 Å². The standard InChI is InChI=1S/C17H20BrNO2/c1-12-4-5-15-14(9-12)10-16(21-15)17(20)19-8-2-3-13(11-19)6-7-18/h4-5,9-10,13H,2-3,6-8,11H2,1H3. The summed E-state index contributed by atoms with van der Waals surface area (Å²) in [5, 5.41) is 2.01. The van der Waals surface area contributed by atoms with Gasteiger partial charge in [0.1, 0.15) is 5.58 Å². The minimum absolute atomic E-state index is 0.0307. The van der Waals surface area contributed by atoms with E-state index in [9.17, 15) is 4.79 Å². The number of benzene rings is 1. The fourth-order valence-corrected chi connectivity index (χ4v) is 3.71. The molecule has 1 fully saturated rings. The highest BCUT2D eigenvalue weighted by atomic mass is 79.9. The van der Waals surface area contributed by atoms with Crippen molar-refractivity contribution in [2.45, 2.75) is 26.2 Å². The fourth-order valence-electron chi connectivity index (χ4n) is 3.06. The van der Waals surface area contributed by atoms with Crippen molar-refractivity contribution in [1.82, 2.24) is 4.90 Å². The lowest BCUT2D eigenvalue weighted by molar-refractivity contribution is 0.0642. The van der Waals surface area contributed by atoms with E-state index in [2.05, 4.69) is 22.0 Å². The van der Waals surface area contributed by atoms with Gasteiger partial charge in [-0.2, -0.15) is 0 Å². The third-order valence-electron chi connectivity index (χ3n) is 4.21. The van der Waals surface area contributed by atoms with Crippen LogP contribution in [-0.4, -0.2) is 29.2 Å². The van der Waals surface area contributed by atoms with Gasteiger partial charge in [0.25, 0.3) is 5.91 Å². The summed E-state index contributed by atoms with van der Waals surface area (Å²) in [6, 6.07) is 7.87. The van der Waals surface area contributed by atoms with E-state index >= 15 is 0 Å². The molecule has 1 unspecified atom stereocenters. The van der Waals surface area contributed by atoms with Crippen LogP contribution in [0.4, 0.5) is 0 Å². The van der Waals surface area contributed by atoms with E-state index in [1.165, 1.54) is 12.0 Å². The van der Waals surface area contributed by atoms with E-state index in [1.54, 1.807) is 0 Å². The molecule has 1 aliphatic rings. The summed E-state index contributed by atoms with van der Waals surface area (Å²) in [7, 11) is 0. The summed E-state index contributed by atoms with van der Waals surface area (Å²) in [4.78, 5) is 14.6. The van der Waals surface area contributed by atoms with Crippen molar-refractivity contribution in [1.29, 1.82) is 0 Å². The molecule has 1 aliphatic heterocycles. The van der Waals surface area contributed by atoms with E-state index < -0.39 is 0 Å². The second-order valence-corrected chi connectivity index (χ2v) is 6.68. The Labute approximate surface area is 133 Å². The first-order valence-corrected chi connectivity index (χ1v) is 8.65. The van der Waals surface area contributed by atoms with Crippen LogP contribution in [0.1, 0.15) is 35.4 Å². The number of aryl methyl sites for hydroxylation is 1. The maximum Gasteiger partial charge on any atom is 0.289 e. The number of fused-ring (bicyclic) bond motifs is 1. The van der Waals surface area contributed by atoms with Gasteiger partial charge in [-0.1, -0.05) is 27.6 Å². The summed E-state index contributed by atoms with van der Waals surface area (Å²) in [6.07, 6.45) is 3.43. The predicted molar refractivity (Wildman–Crippen MR) is 88.0 cm³/mol. The van der Waals surface area contributed by atoms with Crippen molar-refractivity contribution < 1.29 is 9.21 Å². The van der Waals surface area contributed by atoms with Gasteiger partial charge < -0.3 is 9.32 Å². The van der Waals surface area contributed by atoms with Gasteiger partial charge >= 0.3 is 0 Å². The van der Waals surface area contributed by atoms with Gasteiger partial charge in [-0.25, -0.2) is 0 Å². The highest BCUT2D eigenvalue weighted by Crippen LogP contribution is 2.25. The van der Waals surface area contributed by atoms with Crippen molar-refractivity contribution in [3.8, 4) is 0 Å². The van der Waals surface area contributed by atoms with E-state index in [0.717, 1.165) is 42.2 Å². The Kier molecular flexibility index (Phi) is 4.34. The second-order valence-electron chi connectivity index (χ2n) is 5.89. The van der Waals surface area contributed by atoms with Gasteiger partial charge in [0, 0.05) is 23.8 Å². The monoisotopic (exact) mass is 349 g/mol. The maximum absolute atomic E-state index is 12.6.